The molecule has 2 saturated heterocycles. The highest BCUT2D eigenvalue weighted by molar-refractivity contribution is 6.02. The normalized spacial score (nSPS) is 16.2. The molecule has 182 valence electrons. The van der Waals surface area contributed by atoms with E-state index in [2.05, 4.69) is 21.2 Å². The van der Waals surface area contributed by atoms with Gasteiger partial charge in [-0.15, -0.1) is 0 Å². The number of anilines is 3. The monoisotopic (exact) mass is 464 g/mol. The lowest BCUT2D eigenvalue weighted by Gasteiger charge is -2.38. The molecule has 0 aliphatic carbocycles. The lowest BCUT2D eigenvalue weighted by molar-refractivity contribution is -0.116. The Morgan fingerprint density at radius 3 is 2.21 bits per heavy atom. The van der Waals surface area contributed by atoms with E-state index in [9.17, 15) is 9.59 Å². The summed E-state index contributed by atoms with van der Waals surface area (Å²) < 4.78 is 5.55. The van der Waals surface area contributed by atoms with Gasteiger partial charge in [-0.05, 0) is 49.1 Å². The van der Waals surface area contributed by atoms with Crippen LogP contribution in [-0.4, -0.2) is 63.1 Å². The van der Waals surface area contributed by atoms with Gasteiger partial charge < -0.3 is 24.8 Å². The zero-order chi connectivity index (χ0) is 24.1. The van der Waals surface area contributed by atoms with Gasteiger partial charge in [0, 0.05) is 57.1 Å². The van der Waals surface area contributed by atoms with E-state index in [1.54, 1.807) is 7.11 Å². The SMILES string of the molecule is COc1ccccc1N1CCN(c2ccc(NC(=O)CC(C)C)cc2C(=O)N2CCCC2)CC1. The molecule has 1 N–H and O–H groups in total. The van der Waals surface area contributed by atoms with Crippen molar-refractivity contribution < 1.29 is 14.3 Å². The van der Waals surface area contributed by atoms with Crippen LogP contribution in [0.25, 0.3) is 0 Å². The van der Waals surface area contributed by atoms with Crippen LogP contribution in [0.3, 0.4) is 0 Å². The molecule has 2 aromatic rings. The third-order valence-electron chi connectivity index (χ3n) is 6.54. The molecular formula is C27H36N4O3. The molecule has 2 amide bonds. The van der Waals surface area contributed by atoms with Gasteiger partial charge in [0.1, 0.15) is 5.75 Å². The van der Waals surface area contributed by atoms with Gasteiger partial charge >= 0.3 is 0 Å². The molecule has 2 heterocycles. The summed E-state index contributed by atoms with van der Waals surface area (Å²) in [6.45, 7) is 8.92. The predicted molar refractivity (Wildman–Crippen MR) is 137 cm³/mol. The van der Waals surface area contributed by atoms with Crippen LogP contribution in [0.2, 0.25) is 0 Å². The number of rotatable bonds is 7. The van der Waals surface area contributed by atoms with Crippen molar-refractivity contribution in [2.45, 2.75) is 33.1 Å². The second-order valence-electron chi connectivity index (χ2n) is 9.52. The van der Waals surface area contributed by atoms with Crippen molar-refractivity contribution in [2.24, 2.45) is 5.92 Å². The number of piperazine rings is 1. The highest BCUT2D eigenvalue weighted by Crippen LogP contribution is 2.32. The van der Waals surface area contributed by atoms with E-state index in [0.717, 1.165) is 69.2 Å². The highest BCUT2D eigenvalue weighted by Gasteiger charge is 2.27. The molecule has 2 fully saturated rings. The summed E-state index contributed by atoms with van der Waals surface area (Å²) in [5.74, 6) is 1.19. The number of hydrogen-bond donors (Lipinski definition) is 1. The third-order valence-corrected chi connectivity index (χ3v) is 6.54. The second kappa shape index (κ2) is 10.8. The summed E-state index contributed by atoms with van der Waals surface area (Å²) in [5, 5.41) is 2.98. The van der Waals surface area contributed by atoms with Crippen LogP contribution in [-0.2, 0) is 4.79 Å². The Hall–Kier alpha value is -3.22. The van der Waals surface area contributed by atoms with E-state index in [1.807, 2.05) is 55.1 Å². The Morgan fingerprint density at radius 1 is 0.912 bits per heavy atom. The molecular weight excluding hydrogens is 428 g/mol. The molecule has 0 bridgehead atoms. The Kier molecular flexibility index (Phi) is 7.60. The van der Waals surface area contributed by atoms with Gasteiger partial charge in [0.25, 0.3) is 5.91 Å². The molecule has 4 rings (SSSR count). The van der Waals surface area contributed by atoms with Gasteiger partial charge in [0.15, 0.2) is 0 Å². The fourth-order valence-electron chi connectivity index (χ4n) is 4.81. The average molecular weight is 465 g/mol. The van der Waals surface area contributed by atoms with Crippen LogP contribution in [0.4, 0.5) is 17.1 Å². The number of amides is 2. The Balaban J connectivity index is 1.54. The van der Waals surface area contributed by atoms with Crippen molar-refractivity contribution in [2.75, 3.05) is 61.5 Å². The topological polar surface area (TPSA) is 65.1 Å². The van der Waals surface area contributed by atoms with E-state index in [1.165, 1.54) is 0 Å². The maximum absolute atomic E-state index is 13.5. The van der Waals surface area contributed by atoms with Crippen LogP contribution < -0.4 is 19.9 Å². The van der Waals surface area contributed by atoms with Crippen molar-refractivity contribution in [1.29, 1.82) is 0 Å². The van der Waals surface area contributed by atoms with E-state index in [4.69, 9.17) is 4.74 Å². The largest absolute Gasteiger partial charge is 0.495 e. The number of nitrogens with zero attached hydrogens (tertiary/aromatic N) is 3. The highest BCUT2D eigenvalue weighted by atomic mass is 16.5. The Morgan fingerprint density at radius 2 is 1.56 bits per heavy atom. The molecule has 2 aliphatic rings. The number of hydrogen-bond acceptors (Lipinski definition) is 5. The van der Waals surface area contributed by atoms with Crippen molar-refractivity contribution >= 4 is 28.9 Å². The summed E-state index contributed by atoms with van der Waals surface area (Å²) in [5.41, 5.74) is 3.40. The summed E-state index contributed by atoms with van der Waals surface area (Å²) >= 11 is 0. The van der Waals surface area contributed by atoms with Crippen molar-refractivity contribution in [3.05, 3.63) is 48.0 Å². The van der Waals surface area contributed by atoms with Gasteiger partial charge in [-0.3, -0.25) is 9.59 Å². The van der Waals surface area contributed by atoms with Crippen LogP contribution in [0, 0.1) is 5.92 Å². The standard InChI is InChI=1S/C27H36N4O3/c1-20(2)18-26(32)28-21-10-11-23(22(19-21)27(33)31-12-6-7-13-31)29-14-16-30(17-15-29)24-8-4-5-9-25(24)34-3/h4-5,8-11,19-20H,6-7,12-18H2,1-3H3,(H,28,32). The average Bonchev–Trinajstić information content (AvgIpc) is 3.38. The molecule has 2 aromatic carbocycles. The lowest BCUT2D eigenvalue weighted by Crippen LogP contribution is -2.47. The number of ether oxygens (including phenoxy) is 1. The van der Waals surface area contributed by atoms with Gasteiger partial charge in [0.2, 0.25) is 5.91 Å². The lowest BCUT2D eigenvalue weighted by atomic mass is 10.1. The van der Waals surface area contributed by atoms with Gasteiger partial charge in [-0.1, -0.05) is 26.0 Å². The van der Waals surface area contributed by atoms with E-state index in [0.29, 0.717) is 17.7 Å². The fourth-order valence-corrected chi connectivity index (χ4v) is 4.81. The Labute approximate surface area is 202 Å². The minimum absolute atomic E-state index is 0.0206. The van der Waals surface area contributed by atoms with Crippen LogP contribution in [0.5, 0.6) is 5.75 Å². The number of para-hydroxylation sites is 2. The number of nitrogens with one attached hydrogen (secondary N) is 1. The molecule has 0 atom stereocenters. The number of methoxy groups -OCH3 is 1. The zero-order valence-corrected chi connectivity index (χ0v) is 20.5. The molecule has 34 heavy (non-hydrogen) atoms. The molecule has 0 spiro atoms. The first-order valence-electron chi connectivity index (χ1n) is 12.3. The summed E-state index contributed by atoms with van der Waals surface area (Å²) in [4.78, 5) is 32.3. The molecule has 7 nitrogen and oxygen atoms in total. The second-order valence-corrected chi connectivity index (χ2v) is 9.52. The van der Waals surface area contributed by atoms with Crippen molar-refractivity contribution in [3.8, 4) is 5.75 Å². The number of carbonyl (C=O) groups is 2. The van der Waals surface area contributed by atoms with E-state index in [-0.39, 0.29) is 17.7 Å². The minimum atomic E-state index is -0.0206. The van der Waals surface area contributed by atoms with E-state index >= 15 is 0 Å². The summed E-state index contributed by atoms with van der Waals surface area (Å²) in [7, 11) is 1.70. The zero-order valence-electron chi connectivity index (χ0n) is 20.5. The van der Waals surface area contributed by atoms with Gasteiger partial charge in [0.05, 0.1) is 18.4 Å². The van der Waals surface area contributed by atoms with Gasteiger partial charge in [-0.25, -0.2) is 0 Å². The van der Waals surface area contributed by atoms with Crippen LogP contribution in [0.1, 0.15) is 43.5 Å². The molecule has 0 unspecified atom stereocenters. The van der Waals surface area contributed by atoms with Gasteiger partial charge in [-0.2, -0.15) is 0 Å². The smallest absolute Gasteiger partial charge is 0.256 e. The first-order valence-corrected chi connectivity index (χ1v) is 12.3. The third kappa shape index (κ3) is 5.46. The van der Waals surface area contributed by atoms with E-state index < -0.39 is 0 Å². The first kappa shape index (κ1) is 23.9. The van der Waals surface area contributed by atoms with Crippen LogP contribution >= 0.6 is 0 Å². The fraction of sp³-hybridized carbons (Fsp3) is 0.481. The summed E-state index contributed by atoms with van der Waals surface area (Å²) in [6, 6.07) is 13.9. The molecule has 7 heteroatoms. The predicted octanol–water partition coefficient (Wildman–Crippen LogP) is 4.24. The summed E-state index contributed by atoms with van der Waals surface area (Å²) in [6.07, 6.45) is 2.55. The molecule has 0 radical (unpaired) electrons. The molecule has 2 aliphatic heterocycles. The number of benzene rings is 2. The Bertz CT molecular complexity index is 1010. The molecule has 0 aromatic heterocycles. The maximum atomic E-state index is 13.5. The van der Waals surface area contributed by atoms with Crippen LogP contribution in [0.15, 0.2) is 42.5 Å². The van der Waals surface area contributed by atoms with Crippen molar-refractivity contribution in [3.63, 3.8) is 0 Å². The number of likely N-dealkylation sites (tertiary alicyclic amines) is 1. The van der Waals surface area contributed by atoms with Crippen molar-refractivity contribution in [1.82, 2.24) is 4.90 Å². The quantitative estimate of drug-likeness (QED) is 0.664. The minimum Gasteiger partial charge on any atom is -0.495 e. The first-order chi connectivity index (χ1) is 16.5. The molecule has 0 saturated carbocycles. The maximum Gasteiger partial charge on any atom is 0.256 e. The number of carbonyl (C=O) groups excluding carboxylic acids is 2.